The molecule has 4 N–H and O–H groups in total. The van der Waals surface area contributed by atoms with Crippen molar-refractivity contribution >= 4 is 17.3 Å². The van der Waals surface area contributed by atoms with Crippen LogP contribution in [0.3, 0.4) is 0 Å². The van der Waals surface area contributed by atoms with Crippen LogP contribution in [0, 0.1) is 0 Å². The van der Waals surface area contributed by atoms with Crippen molar-refractivity contribution in [3.63, 3.8) is 0 Å². The Hall–Kier alpha value is -2.28. The Morgan fingerprint density at radius 2 is 1.86 bits per heavy atom. The fourth-order valence-corrected chi connectivity index (χ4v) is 1.85. The molecule has 1 aromatic carbocycles. The number of rotatable bonds is 4. The molecule has 0 radical (unpaired) electrons. The topological polar surface area (TPSA) is 63.0 Å². The third kappa shape index (κ3) is 3.85. The van der Waals surface area contributed by atoms with Gasteiger partial charge in [0.25, 0.3) is 0 Å². The van der Waals surface area contributed by atoms with E-state index < -0.39 is 11.7 Å². The van der Waals surface area contributed by atoms with Crippen molar-refractivity contribution in [2.45, 2.75) is 19.5 Å². The van der Waals surface area contributed by atoms with E-state index in [9.17, 15) is 13.2 Å². The van der Waals surface area contributed by atoms with Crippen molar-refractivity contribution < 1.29 is 13.2 Å². The summed E-state index contributed by atoms with van der Waals surface area (Å²) >= 11 is 0. The van der Waals surface area contributed by atoms with Crippen molar-refractivity contribution in [2.24, 2.45) is 5.84 Å². The Kier molecular flexibility index (Phi) is 4.32. The third-order valence-corrected chi connectivity index (χ3v) is 2.91. The quantitative estimate of drug-likeness (QED) is 0.595. The van der Waals surface area contributed by atoms with E-state index in [4.69, 9.17) is 5.84 Å². The number of nitrogens with zero attached hydrogens (tertiary/aromatic N) is 1. The van der Waals surface area contributed by atoms with Gasteiger partial charge in [-0.3, -0.25) is 0 Å². The van der Waals surface area contributed by atoms with Crippen LogP contribution >= 0.6 is 0 Å². The van der Waals surface area contributed by atoms with E-state index in [1.807, 2.05) is 25.1 Å². The molecule has 21 heavy (non-hydrogen) atoms. The highest BCUT2D eigenvalue weighted by Crippen LogP contribution is 2.32. The summed E-state index contributed by atoms with van der Waals surface area (Å²) in [5, 5.41) is 2.86. The molecule has 0 saturated carbocycles. The van der Waals surface area contributed by atoms with Crippen LogP contribution in [0.1, 0.15) is 18.1 Å². The Labute approximate surface area is 120 Å². The summed E-state index contributed by atoms with van der Waals surface area (Å²) in [6, 6.07) is 9.19. The lowest BCUT2D eigenvalue weighted by molar-refractivity contribution is -0.137. The van der Waals surface area contributed by atoms with Crippen LogP contribution in [0.25, 0.3) is 0 Å². The highest BCUT2D eigenvalue weighted by Gasteiger charge is 2.31. The number of pyridine rings is 1. The number of aromatic nitrogens is 1. The molecular weight excluding hydrogens is 281 g/mol. The minimum absolute atomic E-state index is 0.0565. The van der Waals surface area contributed by atoms with Crippen LogP contribution in [-0.2, 0) is 12.6 Å². The van der Waals surface area contributed by atoms with Crippen molar-refractivity contribution in [1.82, 2.24) is 4.98 Å². The van der Waals surface area contributed by atoms with Crippen molar-refractivity contribution in [2.75, 3.05) is 10.7 Å². The normalized spacial score (nSPS) is 11.3. The van der Waals surface area contributed by atoms with Crippen LogP contribution in [0.15, 0.2) is 36.4 Å². The van der Waals surface area contributed by atoms with Gasteiger partial charge in [-0.15, -0.1) is 0 Å². The largest absolute Gasteiger partial charge is 0.416 e. The molecule has 1 heterocycles. The zero-order chi connectivity index (χ0) is 15.5. The van der Waals surface area contributed by atoms with Gasteiger partial charge < -0.3 is 10.7 Å². The summed E-state index contributed by atoms with van der Waals surface area (Å²) in [4.78, 5) is 3.97. The molecule has 0 amide bonds. The summed E-state index contributed by atoms with van der Waals surface area (Å²) in [6.45, 7) is 2.00. The summed E-state index contributed by atoms with van der Waals surface area (Å²) in [6.07, 6.45) is -3.63. The number of anilines is 3. The van der Waals surface area contributed by atoms with Crippen molar-refractivity contribution in [1.29, 1.82) is 0 Å². The van der Waals surface area contributed by atoms with E-state index in [1.165, 1.54) is 0 Å². The lowest BCUT2D eigenvalue weighted by Gasteiger charge is -2.13. The lowest BCUT2D eigenvalue weighted by Crippen LogP contribution is -2.13. The van der Waals surface area contributed by atoms with Crippen LogP contribution in [-0.4, -0.2) is 4.98 Å². The SMILES string of the molecule is CCc1cccc(Nc2cc(C(F)(F)F)cc(NN)n2)c1. The number of nitrogen functional groups attached to an aromatic ring is 1. The summed E-state index contributed by atoms with van der Waals surface area (Å²) in [5.41, 5.74) is 3.06. The molecule has 0 unspecified atom stereocenters. The molecule has 0 atom stereocenters. The number of benzene rings is 1. The molecular formula is C14H15F3N4. The molecule has 4 nitrogen and oxygen atoms in total. The fourth-order valence-electron chi connectivity index (χ4n) is 1.85. The highest BCUT2D eigenvalue weighted by atomic mass is 19.4. The maximum absolute atomic E-state index is 12.8. The Balaban J connectivity index is 2.34. The molecule has 0 fully saturated rings. The van der Waals surface area contributed by atoms with Crippen molar-refractivity contribution in [3.8, 4) is 0 Å². The average Bonchev–Trinajstić information content (AvgIpc) is 2.46. The summed E-state index contributed by atoms with van der Waals surface area (Å²) in [5.74, 6) is 5.18. The molecule has 0 spiro atoms. The molecule has 0 saturated heterocycles. The minimum atomic E-state index is -4.46. The molecule has 112 valence electrons. The molecule has 2 aromatic rings. The summed E-state index contributed by atoms with van der Waals surface area (Å²) in [7, 11) is 0. The number of nitrogens with one attached hydrogen (secondary N) is 2. The second-order valence-electron chi connectivity index (χ2n) is 4.45. The Bertz CT molecular complexity index is 626. The number of aryl methyl sites for hydroxylation is 1. The zero-order valence-corrected chi connectivity index (χ0v) is 11.3. The highest BCUT2D eigenvalue weighted by molar-refractivity contribution is 5.60. The van der Waals surface area contributed by atoms with Gasteiger partial charge in [0.05, 0.1) is 5.56 Å². The molecule has 0 aliphatic heterocycles. The number of alkyl halides is 3. The van der Waals surface area contributed by atoms with Crippen LogP contribution in [0.5, 0.6) is 0 Å². The van der Waals surface area contributed by atoms with Crippen LogP contribution in [0.2, 0.25) is 0 Å². The number of nitrogens with two attached hydrogens (primary N) is 1. The molecule has 0 bridgehead atoms. The molecule has 7 heteroatoms. The molecule has 1 aromatic heterocycles. The molecule has 2 rings (SSSR count). The fraction of sp³-hybridized carbons (Fsp3) is 0.214. The lowest BCUT2D eigenvalue weighted by atomic mass is 10.1. The van der Waals surface area contributed by atoms with Gasteiger partial charge in [-0.2, -0.15) is 13.2 Å². The molecule has 0 aliphatic carbocycles. The number of hydrogen-bond acceptors (Lipinski definition) is 4. The maximum atomic E-state index is 12.8. The van der Waals surface area contributed by atoms with Gasteiger partial charge in [-0.1, -0.05) is 19.1 Å². The predicted molar refractivity (Wildman–Crippen MR) is 76.2 cm³/mol. The number of halogens is 3. The smallest absolute Gasteiger partial charge is 0.340 e. The predicted octanol–water partition coefficient (Wildman–Crippen LogP) is 3.69. The van der Waals surface area contributed by atoms with Gasteiger partial charge in [0, 0.05) is 5.69 Å². The summed E-state index contributed by atoms with van der Waals surface area (Å²) < 4.78 is 38.5. The van der Waals surface area contributed by atoms with E-state index in [1.54, 1.807) is 6.07 Å². The first-order chi connectivity index (χ1) is 9.92. The van der Waals surface area contributed by atoms with Gasteiger partial charge in [0.2, 0.25) is 0 Å². The second-order valence-corrected chi connectivity index (χ2v) is 4.45. The van der Waals surface area contributed by atoms with E-state index in [0.717, 1.165) is 24.1 Å². The first-order valence-corrected chi connectivity index (χ1v) is 6.34. The van der Waals surface area contributed by atoms with Crippen LogP contribution in [0.4, 0.5) is 30.5 Å². The Morgan fingerprint density at radius 1 is 1.14 bits per heavy atom. The van der Waals surface area contributed by atoms with E-state index in [0.29, 0.717) is 5.69 Å². The zero-order valence-electron chi connectivity index (χ0n) is 11.3. The van der Waals surface area contributed by atoms with Gasteiger partial charge in [-0.25, -0.2) is 10.8 Å². The van der Waals surface area contributed by atoms with Gasteiger partial charge in [-0.05, 0) is 36.2 Å². The van der Waals surface area contributed by atoms with Gasteiger partial charge >= 0.3 is 6.18 Å². The first-order valence-electron chi connectivity index (χ1n) is 6.34. The maximum Gasteiger partial charge on any atom is 0.416 e. The van der Waals surface area contributed by atoms with Crippen molar-refractivity contribution in [3.05, 3.63) is 47.5 Å². The minimum Gasteiger partial charge on any atom is -0.340 e. The van der Waals surface area contributed by atoms with E-state index in [2.05, 4.69) is 15.7 Å². The first kappa shape index (κ1) is 15.1. The monoisotopic (exact) mass is 296 g/mol. The van der Waals surface area contributed by atoms with Crippen LogP contribution < -0.4 is 16.6 Å². The van der Waals surface area contributed by atoms with Gasteiger partial charge in [0.15, 0.2) is 0 Å². The number of hydrazine groups is 1. The van der Waals surface area contributed by atoms with E-state index >= 15 is 0 Å². The third-order valence-electron chi connectivity index (χ3n) is 2.91. The van der Waals surface area contributed by atoms with E-state index in [-0.39, 0.29) is 11.6 Å². The standard InChI is InChI=1S/C14H15F3N4/c1-2-9-4-3-5-11(6-9)19-12-7-10(14(15,16)17)8-13(20-12)21-18/h3-8H,2,18H2,1H3,(H2,19,20,21). The number of hydrogen-bond donors (Lipinski definition) is 3. The van der Waals surface area contributed by atoms with Gasteiger partial charge in [0.1, 0.15) is 11.6 Å². The second kappa shape index (κ2) is 6.01. The molecule has 0 aliphatic rings. The Morgan fingerprint density at radius 3 is 2.48 bits per heavy atom. The average molecular weight is 296 g/mol.